The summed E-state index contributed by atoms with van der Waals surface area (Å²) < 4.78 is 0. The Morgan fingerprint density at radius 2 is 1.63 bits per heavy atom. The van der Waals surface area contributed by atoms with E-state index in [1.807, 2.05) is 0 Å². The molecule has 0 bridgehead atoms. The van der Waals surface area contributed by atoms with E-state index in [1.54, 1.807) is 0 Å². The number of hydrogen-bond donors (Lipinski definition) is 0. The first-order chi connectivity index (χ1) is 18.5. The topological polar surface area (TPSA) is 0 Å². The van der Waals surface area contributed by atoms with E-state index in [1.165, 1.54) is 73.7 Å². The monoisotopic (exact) mass is 502 g/mol. The summed E-state index contributed by atoms with van der Waals surface area (Å²) in [6.07, 6.45) is 21.3. The van der Waals surface area contributed by atoms with Gasteiger partial charge < -0.3 is 0 Å². The quantitative estimate of drug-likeness (QED) is 0.181. The Kier molecular flexibility index (Phi) is 11.2. The first-order valence-electron chi connectivity index (χ1n) is 14.4. The smallest absolute Gasteiger partial charge is 0.00604 e. The molecule has 0 amide bonds. The second-order valence-corrected chi connectivity index (χ2v) is 10.2. The zero-order valence-electron chi connectivity index (χ0n) is 24.7. The van der Waals surface area contributed by atoms with Gasteiger partial charge >= 0.3 is 0 Å². The van der Waals surface area contributed by atoms with E-state index < -0.39 is 0 Å². The molecular formula is C38H46. The van der Waals surface area contributed by atoms with Gasteiger partial charge in [-0.05, 0) is 109 Å². The van der Waals surface area contributed by atoms with Crippen molar-refractivity contribution in [3.8, 4) is 0 Å². The molecule has 0 aliphatic carbocycles. The van der Waals surface area contributed by atoms with Crippen LogP contribution in [0.2, 0.25) is 0 Å². The largest absolute Gasteiger partial charge is 0.0871 e. The van der Waals surface area contributed by atoms with Crippen molar-refractivity contribution < 1.29 is 0 Å². The van der Waals surface area contributed by atoms with Crippen molar-refractivity contribution in [2.45, 2.75) is 80.6 Å². The Morgan fingerprint density at radius 3 is 2.29 bits per heavy atom. The molecule has 0 N–H and O–H groups in total. The van der Waals surface area contributed by atoms with E-state index in [0.29, 0.717) is 0 Å². The number of allylic oxidation sites excluding steroid dienone is 9. The summed E-state index contributed by atoms with van der Waals surface area (Å²) in [5.41, 5.74) is 12.3. The molecule has 0 radical (unpaired) electrons. The summed E-state index contributed by atoms with van der Waals surface area (Å²) in [4.78, 5) is 0. The third kappa shape index (κ3) is 6.73. The Labute approximate surface area is 232 Å². The lowest BCUT2D eigenvalue weighted by atomic mass is 9.82. The van der Waals surface area contributed by atoms with E-state index >= 15 is 0 Å². The average Bonchev–Trinajstić information content (AvgIpc) is 2.93. The number of hydrogen-bond acceptors (Lipinski definition) is 0. The molecule has 0 unspecified atom stereocenters. The van der Waals surface area contributed by atoms with Crippen molar-refractivity contribution in [3.05, 3.63) is 124 Å². The first-order valence-corrected chi connectivity index (χ1v) is 14.4. The lowest BCUT2D eigenvalue weighted by molar-refractivity contribution is 0.815. The van der Waals surface area contributed by atoms with Crippen molar-refractivity contribution >= 4 is 28.0 Å². The number of rotatable bonds is 11. The second kappa shape index (κ2) is 14.5. The molecule has 0 nitrogen and oxygen atoms in total. The van der Waals surface area contributed by atoms with E-state index in [0.717, 1.165) is 19.3 Å². The molecule has 0 aliphatic rings. The van der Waals surface area contributed by atoms with E-state index in [-0.39, 0.29) is 0 Å². The van der Waals surface area contributed by atoms with Gasteiger partial charge in [-0.3, -0.25) is 0 Å². The van der Waals surface area contributed by atoms with Crippen LogP contribution in [0.25, 0.3) is 28.0 Å². The van der Waals surface area contributed by atoms with Crippen LogP contribution in [0, 0.1) is 6.92 Å². The standard InChI is InChI=1S/C38H46/c1-8-13-14-15-23-34(28(6)26-30-21-18-22-32(27-30)31(11-4)19-9-2)38-29(7)35-24-16-17-25-37(35)36(20-10-3)33(38)12-5/h9-11,15-25,27H,8,12-14,26H2,1-7H3/b19-9-,20-10-,23-15-,31-11+,34-28+. The minimum absolute atomic E-state index is 0.933. The summed E-state index contributed by atoms with van der Waals surface area (Å²) in [5.74, 6) is 0. The Hall–Kier alpha value is -3.38. The number of benzene rings is 3. The molecule has 0 aromatic heterocycles. The zero-order chi connectivity index (χ0) is 27.5. The van der Waals surface area contributed by atoms with Crippen LogP contribution in [-0.4, -0.2) is 0 Å². The van der Waals surface area contributed by atoms with Crippen molar-refractivity contribution in [1.82, 2.24) is 0 Å². The molecule has 0 saturated carbocycles. The highest BCUT2D eigenvalue weighted by Crippen LogP contribution is 2.38. The van der Waals surface area contributed by atoms with Gasteiger partial charge in [0.2, 0.25) is 0 Å². The third-order valence-corrected chi connectivity index (χ3v) is 7.43. The molecule has 3 aromatic carbocycles. The van der Waals surface area contributed by atoms with Crippen LogP contribution >= 0.6 is 0 Å². The maximum Gasteiger partial charge on any atom is -0.00604 e. The minimum atomic E-state index is 0.933. The molecule has 198 valence electrons. The van der Waals surface area contributed by atoms with Crippen LogP contribution in [0.3, 0.4) is 0 Å². The highest BCUT2D eigenvalue weighted by Gasteiger charge is 2.18. The maximum absolute atomic E-state index is 2.42. The summed E-state index contributed by atoms with van der Waals surface area (Å²) in [6.45, 7) is 15.5. The average molecular weight is 503 g/mol. The van der Waals surface area contributed by atoms with Gasteiger partial charge in [-0.2, -0.15) is 0 Å². The SMILES string of the molecule is C/C=C\C(=C/C)c1cccc(C/C(C)=C(\C=C/CCCC)c2c(CC)c(/C=C\C)c3ccccc3c2C)c1. The molecule has 0 atom stereocenters. The normalized spacial score (nSPS) is 13.4. The molecule has 0 aliphatic heterocycles. The van der Waals surface area contributed by atoms with Gasteiger partial charge in [0.15, 0.2) is 0 Å². The molecule has 0 heterocycles. The molecule has 0 heteroatoms. The molecular weight excluding hydrogens is 456 g/mol. The van der Waals surface area contributed by atoms with Crippen LogP contribution in [-0.2, 0) is 12.8 Å². The highest BCUT2D eigenvalue weighted by atomic mass is 14.2. The molecule has 3 rings (SSSR count). The summed E-state index contributed by atoms with van der Waals surface area (Å²) in [6, 6.07) is 18.0. The lowest BCUT2D eigenvalue weighted by Gasteiger charge is -2.22. The number of unbranched alkanes of at least 4 members (excludes halogenated alkanes) is 2. The van der Waals surface area contributed by atoms with Gasteiger partial charge in [-0.1, -0.05) is 123 Å². The van der Waals surface area contributed by atoms with Crippen molar-refractivity contribution in [2.75, 3.05) is 0 Å². The fourth-order valence-electron chi connectivity index (χ4n) is 5.56. The fourth-order valence-corrected chi connectivity index (χ4v) is 5.56. The van der Waals surface area contributed by atoms with E-state index in [2.05, 4.69) is 140 Å². The number of fused-ring (bicyclic) bond motifs is 1. The predicted octanol–water partition coefficient (Wildman–Crippen LogP) is 11.5. The molecule has 0 fully saturated rings. The molecule has 0 spiro atoms. The maximum atomic E-state index is 2.42. The zero-order valence-corrected chi connectivity index (χ0v) is 24.7. The van der Waals surface area contributed by atoms with Gasteiger partial charge in [-0.25, -0.2) is 0 Å². The Balaban J connectivity index is 2.26. The highest BCUT2D eigenvalue weighted by molar-refractivity contribution is 6.00. The summed E-state index contributed by atoms with van der Waals surface area (Å²) >= 11 is 0. The molecule has 38 heavy (non-hydrogen) atoms. The third-order valence-electron chi connectivity index (χ3n) is 7.43. The second-order valence-electron chi connectivity index (χ2n) is 10.2. The van der Waals surface area contributed by atoms with Crippen molar-refractivity contribution in [3.63, 3.8) is 0 Å². The number of aryl methyl sites for hydroxylation is 1. The van der Waals surface area contributed by atoms with Gasteiger partial charge in [0.1, 0.15) is 0 Å². The Morgan fingerprint density at radius 1 is 0.868 bits per heavy atom. The van der Waals surface area contributed by atoms with Crippen molar-refractivity contribution in [2.24, 2.45) is 0 Å². The van der Waals surface area contributed by atoms with Crippen LogP contribution in [0.5, 0.6) is 0 Å². The Bertz CT molecular complexity index is 1390. The van der Waals surface area contributed by atoms with Crippen LogP contribution in [0.1, 0.15) is 94.2 Å². The van der Waals surface area contributed by atoms with Gasteiger partial charge in [0.25, 0.3) is 0 Å². The predicted molar refractivity (Wildman–Crippen MR) is 173 cm³/mol. The minimum Gasteiger partial charge on any atom is -0.0871 e. The van der Waals surface area contributed by atoms with Gasteiger partial charge in [-0.15, -0.1) is 0 Å². The molecule has 3 aromatic rings. The first kappa shape index (κ1) is 29.2. The molecule has 0 saturated heterocycles. The van der Waals surface area contributed by atoms with Crippen LogP contribution in [0.4, 0.5) is 0 Å². The summed E-state index contributed by atoms with van der Waals surface area (Å²) in [5, 5.41) is 2.71. The van der Waals surface area contributed by atoms with Crippen LogP contribution < -0.4 is 0 Å². The van der Waals surface area contributed by atoms with E-state index in [9.17, 15) is 0 Å². The van der Waals surface area contributed by atoms with Gasteiger partial charge in [0, 0.05) is 0 Å². The lowest BCUT2D eigenvalue weighted by Crippen LogP contribution is -2.03. The summed E-state index contributed by atoms with van der Waals surface area (Å²) in [7, 11) is 0. The van der Waals surface area contributed by atoms with Crippen molar-refractivity contribution in [1.29, 1.82) is 0 Å². The van der Waals surface area contributed by atoms with Crippen LogP contribution in [0.15, 0.2) is 90.6 Å². The van der Waals surface area contributed by atoms with E-state index in [4.69, 9.17) is 0 Å². The van der Waals surface area contributed by atoms with Gasteiger partial charge in [0.05, 0.1) is 0 Å². The fraction of sp³-hybridized carbons (Fsp3) is 0.316.